The highest BCUT2D eigenvalue weighted by molar-refractivity contribution is 5.95. The van der Waals surface area contributed by atoms with E-state index in [4.69, 9.17) is 10.5 Å². The maximum Gasteiger partial charge on any atom is 0.254 e. The van der Waals surface area contributed by atoms with E-state index in [9.17, 15) is 9.18 Å². The molecule has 1 aromatic rings. The molecule has 18 heavy (non-hydrogen) atoms. The van der Waals surface area contributed by atoms with Crippen LogP contribution in [0.4, 0.5) is 10.1 Å². The Bertz CT molecular complexity index is 451. The van der Waals surface area contributed by atoms with Crippen molar-refractivity contribution in [3.63, 3.8) is 0 Å². The van der Waals surface area contributed by atoms with Crippen molar-refractivity contribution < 1.29 is 13.9 Å². The first-order chi connectivity index (χ1) is 8.56. The second-order valence-electron chi connectivity index (χ2n) is 4.62. The van der Waals surface area contributed by atoms with E-state index in [1.807, 2.05) is 6.92 Å². The number of amides is 1. The Morgan fingerprint density at radius 1 is 1.56 bits per heavy atom. The number of anilines is 1. The Morgan fingerprint density at radius 3 is 3.06 bits per heavy atom. The zero-order valence-corrected chi connectivity index (χ0v) is 10.3. The van der Waals surface area contributed by atoms with Crippen LogP contribution in [-0.2, 0) is 4.74 Å². The molecule has 2 atom stereocenters. The van der Waals surface area contributed by atoms with Gasteiger partial charge in [0.05, 0.1) is 11.7 Å². The summed E-state index contributed by atoms with van der Waals surface area (Å²) in [5.74, 6) is -0.972. The molecule has 0 bridgehead atoms. The lowest BCUT2D eigenvalue weighted by molar-refractivity contribution is 0.0136. The molecule has 1 amide bonds. The highest BCUT2D eigenvalue weighted by Gasteiger charge is 2.22. The third-order valence-corrected chi connectivity index (χ3v) is 3.06. The predicted octanol–water partition coefficient (Wildman–Crippen LogP) is 1.71. The Balaban J connectivity index is 2.05. The summed E-state index contributed by atoms with van der Waals surface area (Å²) in [7, 11) is 0. The van der Waals surface area contributed by atoms with E-state index < -0.39 is 11.7 Å². The molecule has 1 aromatic carbocycles. The first-order valence-electron chi connectivity index (χ1n) is 6.03. The van der Waals surface area contributed by atoms with Crippen LogP contribution < -0.4 is 11.1 Å². The van der Waals surface area contributed by atoms with Crippen molar-refractivity contribution in [2.24, 2.45) is 0 Å². The molecule has 3 N–H and O–H groups in total. The fraction of sp³-hybridized carbons (Fsp3) is 0.462. The molecule has 0 saturated carbocycles. The van der Waals surface area contributed by atoms with Crippen LogP contribution in [0.3, 0.4) is 0 Å². The summed E-state index contributed by atoms with van der Waals surface area (Å²) >= 11 is 0. The molecule has 1 fully saturated rings. The molecule has 0 aliphatic carbocycles. The predicted molar refractivity (Wildman–Crippen MR) is 66.7 cm³/mol. The number of hydrogen-bond donors (Lipinski definition) is 2. The molecule has 0 spiro atoms. The van der Waals surface area contributed by atoms with Crippen molar-refractivity contribution in [3.05, 3.63) is 29.6 Å². The van der Waals surface area contributed by atoms with E-state index >= 15 is 0 Å². The fourth-order valence-corrected chi connectivity index (χ4v) is 2.11. The van der Waals surface area contributed by atoms with Crippen LogP contribution in [-0.4, -0.2) is 24.7 Å². The summed E-state index contributed by atoms with van der Waals surface area (Å²) in [4.78, 5) is 11.9. The lowest BCUT2D eigenvalue weighted by Gasteiger charge is -2.28. The van der Waals surface area contributed by atoms with Gasteiger partial charge in [-0.15, -0.1) is 0 Å². The quantitative estimate of drug-likeness (QED) is 0.787. The molecule has 1 saturated heterocycles. The van der Waals surface area contributed by atoms with Crippen LogP contribution in [0.5, 0.6) is 0 Å². The number of ether oxygens (including phenoxy) is 1. The van der Waals surface area contributed by atoms with Crippen molar-refractivity contribution in [1.82, 2.24) is 5.32 Å². The van der Waals surface area contributed by atoms with Crippen LogP contribution >= 0.6 is 0 Å². The van der Waals surface area contributed by atoms with Gasteiger partial charge in [0.25, 0.3) is 5.91 Å². The molecule has 2 rings (SSSR count). The third kappa shape index (κ3) is 2.98. The minimum absolute atomic E-state index is 0.00542. The van der Waals surface area contributed by atoms with Crippen LogP contribution in [0.1, 0.15) is 30.1 Å². The first kappa shape index (κ1) is 12.8. The van der Waals surface area contributed by atoms with E-state index in [2.05, 4.69) is 5.32 Å². The largest absolute Gasteiger partial charge is 0.399 e. The van der Waals surface area contributed by atoms with E-state index in [0.29, 0.717) is 12.3 Å². The van der Waals surface area contributed by atoms with Crippen molar-refractivity contribution in [3.8, 4) is 0 Å². The SMILES string of the molecule is CC1CC(NC(=O)c2cc(N)ccc2F)CCO1. The summed E-state index contributed by atoms with van der Waals surface area (Å²) in [6.45, 7) is 2.57. The number of halogens is 1. The maximum absolute atomic E-state index is 13.5. The minimum atomic E-state index is -0.554. The fourth-order valence-electron chi connectivity index (χ4n) is 2.11. The van der Waals surface area contributed by atoms with Crippen LogP contribution in [0.2, 0.25) is 0 Å². The highest BCUT2D eigenvalue weighted by atomic mass is 19.1. The number of nitrogens with one attached hydrogen (secondary N) is 1. The van der Waals surface area contributed by atoms with E-state index in [1.165, 1.54) is 18.2 Å². The van der Waals surface area contributed by atoms with Crippen LogP contribution in [0, 0.1) is 5.82 Å². The number of nitrogens with two attached hydrogens (primary N) is 1. The standard InChI is InChI=1S/C13H17FN2O2/c1-8-6-10(4-5-18-8)16-13(17)11-7-9(15)2-3-12(11)14/h2-3,7-8,10H,4-6,15H2,1H3,(H,16,17). The summed E-state index contributed by atoms with van der Waals surface area (Å²) in [5, 5.41) is 2.82. The lowest BCUT2D eigenvalue weighted by Crippen LogP contribution is -2.41. The summed E-state index contributed by atoms with van der Waals surface area (Å²) in [6.07, 6.45) is 1.62. The maximum atomic E-state index is 13.5. The Morgan fingerprint density at radius 2 is 2.33 bits per heavy atom. The highest BCUT2D eigenvalue weighted by Crippen LogP contribution is 2.16. The molecule has 1 aliphatic heterocycles. The number of nitrogen functional groups attached to an aromatic ring is 1. The summed E-state index contributed by atoms with van der Waals surface area (Å²) < 4.78 is 18.9. The Kier molecular flexibility index (Phi) is 3.81. The van der Waals surface area contributed by atoms with E-state index in [-0.39, 0.29) is 17.7 Å². The average Bonchev–Trinajstić information content (AvgIpc) is 2.32. The second kappa shape index (κ2) is 5.35. The van der Waals surface area contributed by atoms with E-state index in [0.717, 1.165) is 12.8 Å². The zero-order chi connectivity index (χ0) is 13.1. The molecule has 2 unspecified atom stereocenters. The van der Waals surface area contributed by atoms with Gasteiger partial charge in [-0.05, 0) is 38.0 Å². The molecule has 0 radical (unpaired) electrons. The molecule has 1 aliphatic rings. The first-order valence-corrected chi connectivity index (χ1v) is 6.03. The van der Waals surface area contributed by atoms with Crippen molar-refractivity contribution in [1.29, 1.82) is 0 Å². The van der Waals surface area contributed by atoms with Gasteiger partial charge in [-0.25, -0.2) is 4.39 Å². The van der Waals surface area contributed by atoms with Crippen molar-refractivity contribution in [2.45, 2.75) is 31.9 Å². The van der Waals surface area contributed by atoms with Gasteiger partial charge in [0, 0.05) is 18.3 Å². The molecule has 4 nitrogen and oxygen atoms in total. The molecule has 5 heteroatoms. The van der Waals surface area contributed by atoms with Gasteiger partial charge in [0.2, 0.25) is 0 Å². The topological polar surface area (TPSA) is 64.4 Å². The zero-order valence-electron chi connectivity index (χ0n) is 10.3. The van der Waals surface area contributed by atoms with Gasteiger partial charge in [-0.2, -0.15) is 0 Å². The van der Waals surface area contributed by atoms with Gasteiger partial charge in [-0.1, -0.05) is 0 Å². The molecule has 0 aromatic heterocycles. The Hall–Kier alpha value is -1.62. The molecular formula is C13H17FN2O2. The van der Waals surface area contributed by atoms with Crippen LogP contribution in [0.15, 0.2) is 18.2 Å². The smallest absolute Gasteiger partial charge is 0.254 e. The minimum Gasteiger partial charge on any atom is -0.399 e. The number of carbonyl (C=O) groups excluding carboxylic acids is 1. The van der Waals surface area contributed by atoms with Gasteiger partial charge in [-0.3, -0.25) is 4.79 Å². The van der Waals surface area contributed by atoms with Gasteiger partial charge < -0.3 is 15.8 Å². The van der Waals surface area contributed by atoms with Gasteiger partial charge in [0.1, 0.15) is 5.82 Å². The third-order valence-electron chi connectivity index (χ3n) is 3.06. The number of rotatable bonds is 2. The number of benzene rings is 1. The summed E-state index contributed by atoms with van der Waals surface area (Å²) in [6, 6.07) is 4.02. The Labute approximate surface area is 105 Å². The van der Waals surface area contributed by atoms with Crippen molar-refractivity contribution in [2.75, 3.05) is 12.3 Å². The monoisotopic (exact) mass is 252 g/mol. The second-order valence-corrected chi connectivity index (χ2v) is 4.62. The molecule has 98 valence electrons. The molecular weight excluding hydrogens is 235 g/mol. The van der Waals surface area contributed by atoms with Crippen LogP contribution in [0.25, 0.3) is 0 Å². The van der Waals surface area contributed by atoms with Crippen molar-refractivity contribution >= 4 is 11.6 Å². The normalized spacial score (nSPS) is 23.7. The number of carbonyl (C=O) groups is 1. The lowest BCUT2D eigenvalue weighted by atomic mass is 10.0. The van der Waals surface area contributed by atoms with Gasteiger partial charge in [0.15, 0.2) is 0 Å². The van der Waals surface area contributed by atoms with Gasteiger partial charge >= 0.3 is 0 Å². The average molecular weight is 252 g/mol. The summed E-state index contributed by atoms with van der Waals surface area (Å²) in [5.41, 5.74) is 5.93. The number of hydrogen-bond acceptors (Lipinski definition) is 3. The van der Waals surface area contributed by atoms with E-state index in [1.54, 1.807) is 0 Å². The molecule has 1 heterocycles.